The lowest BCUT2D eigenvalue weighted by Crippen LogP contribution is -2.01. The largest absolute Gasteiger partial charge is 0.373 e. The van der Waals surface area contributed by atoms with Gasteiger partial charge in [-0.1, -0.05) is 15.9 Å². The van der Waals surface area contributed by atoms with E-state index < -0.39 is 0 Å². The van der Waals surface area contributed by atoms with Crippen LogP contribution in [0.15, 0.2) is 18.3 Å². The highest BCUT2D eigenvalue weighted by atomic mass is 79.9. The molecule has 1 rings (SSSR count). The number of carbonyl (C=O) groups is 1. The van der Waals surface area contributed by atoms with Crippen molar-refractivity contribution in [1.29, 1.82) is 0 Å². The van der Waals surface area contributed by atoms with Crippen LogP contribution in [0.25, 0.3) is 0 Å². The summed E-state index contributed by atoms with van der Waals surface area (Å²) in [5.41, 5.74) is 0.672. The molecule has 3 nitrogen and oxygen atoms in total. The molecule has 0 saturated heterocycles. The molecule has 0 aromatic carbocycles. The number of anilines is 1. The number of pyridine rings is 1. The molecule has 0 aliphatic carbocycles. The summed E-state index contributed by atoms with van der Waals surface area (Å²) in [4.78, 5) is 15.2. The molecule has 1 aromatic rings. The van der Waals surface area contributed by atoms with Gasteiger partial charge in [-0.25, -0.2) is 4.98 Å². The summed E-state index contributed by atoms with van der Waals surface area (Å²) in [7, 11) is 1.77. The summed E-state index contributed by atoms with van der Waals surface area (Å²) in [6, 6.07) is 3.42. The van der Waals surface area contributed by atoms with E-state index in [1.54, 1.807) is 25.4 Å². The molecule has 64 valence electrons. The number of hydrogen-bond acceptors (Lipinski definition) is 3. The third-order valence-corrected chi connectivity index (χ3v) is 1.97. The van der Waals surface area contributed by atoms with Gasteiger partial charge >= 0.3 is 0 Å². The van der Waals surface area contributed by atoms with Crippen molar-refractivity contribution in [2.24, 2.45) is 0 Å². The molecule has 0 fully saturated rings. The highest BCUT2D eigenvalue weighted by molar-refractivity contribution is 9.09. The van der Waals surface area contributed by atoms with E-state index in [4.69, 9.17) is 0 Å². The van der Waals surface area contributed by atoms with Crippen molar-refractivity contribution < 1.29 is 4.79 Å². The Hall–Kier alpha value is -0.900. The van der Waals surface area contributed by atoms with E-state index in [1.807, 2.05) is 0 Å². The molecule has 0 bridgehead atoms. The van der Waals surface area contributed by atoms with E-state index in [9.17, 15) is 4.79 Å². The number of halogens is 1. The first-order valence-corrected chi connectivity index (χ1v) is 4.63. The van der Waals surface area contributed by atoms with Crippen molar-refractivity contribution in [3.63, 3.8) is 0 Å². The Morgan fingerprint density at radius 1 is 1.75 bits per heavy atom. The van der Waals surface area contributed by atoms with Crippen LogP contribution in [-0.4, -0.2) is 23.1 Å². The van der Waals surface area contributed by atoms with Gasteiger partial charge in [-0.15, -0.1) is 0 Å². The van der Waals surface area contributed by atoms with Crippen LogP contribution in [0.2, 0.25) is 0 Å². The van der Waals surface area contributed by atoms with Crippen LogP contribution in [0.3, 0.4) is 0 Å². The molecule has 1 aromatic heterocycles. The zero-order chi connectivity index (χ0) is 8.97. The maximum atomic E-state index is 11.2. The summed E-state index contributed by atoms with van der Waals surface area (Å²) in [6.07, 6.45) is 1.61. The van der Waals surface area contributed by atoms with Crippen LogP contribution in [-0.2, 0) is 0 Å². The summed E-state index contributed by atoms with van der Waals surface area (Å²) in [5.74, 6) is 0.774. The van der Waals surface area contributed by atoms with Gasteiger partial charge in [0.1, 0.15) is 5.82 Å². The number of hydrogen-bond donors (Lipinski definition) is 1. The predicted molar refractivity (Wildman–Crippen MR) is 51.9 cm³/mol. The van der Waals surface area contributed by atoms with Gasteiger partial charge in [0.25, 0.3) is 0 Å². The minimum atomic E-state index is 0.0638. The number of rotatable bonds is 3. The molecule has 4 heteroatoms. The fraction of sp³-hybridized carbons (Fsp3) is 0.250. The smallest absolute Gasteiger partial charge is 0.173 e. The highest BCUT2D eigenvalue weighted by Gasteiger charge is 2.03. The third kappa shape index (κ3) is 2.04. The summed E-state index contributed by atoms with van der Waals surface area (Å²) >= 11 is 3.11. The molecule has 0 saturated carbocycles. The molecule has 0 spiro atoms. The predicted octanol–water partition coefficient (Wildman–Crippen LogP) is 1.70. The SMILES string of the molecule is CNc1cc(C(=O)CBr)ccn1. The third-order valence-electron chi connectivity index (χ3n) is 1.46. The Labute approximate surface area is 79.3 Å². The number of carbonyl (C=O) groups excluding carboxylic acids is 1. The molecule has 0 unspecified atom stereocenters. The Bertz CT molecular complexity index is 288. The second-order valence-electron chi connectivity index (χ2n) is 2.24. The van der Waals surface area contributed by atoms with Crippen molar-refractivity contribution in [3.05, 3.63) is 23.9 Å². The maximum absolute atomic E-state index is 11.2. The van der Waals surface area contributed by atoms with Crippen molar-refractivity contribution >= 4 is 27.5 Å². The van der Waals surface area contributed by atoms with E-state index >= 15 is 0 Å². The Morgan fingerprint density at radius 2 is 2.50 bits per heavy atom. The van der Waals surface area contributed by atoms with Gasteiger partial charge in [-0.3, -0.25) is 4.79 Å². The van der Waals surface area contributed by atoms with Crippen molar-refractivity contribution in [2.75, 3.05) is 17.7 Å². The molecule has 0 amide bonds. The fourth-order valence-corrected chi connectivity index (χ4v) is 1.14. The molecular weight excluding hydrogens is 220 g/mol. The molecule has 0 aliphatic rings. The zero-order valence-corrected chi connectivity index (χ0v) is 8.26. The average Bonchev–Trinajstić information content (AvgIpc) is 2.17. The summed E-state index contributed by atoms with van der Waals surface area (Å²) in [6.45, 7) is 0. The van der Waals surface area contributed by atoms with Crippen molar-refractivity contribution in [2.45, 2.75) is 0 Å². The average molecular weight is 229 g/mol. The number of nitrogens with one attached hydrogen (secondary N) is 1. The van der Waals surface area contributed by atoms with Crippen molar-refractivity contribution in [1.82, 2.24) is 4.98 Å². The van der Waals surface area contributed by atoms with Crippen LogP contribution in [0.5, 0.6) is 0 Å². The topological polar surface area (TPSA) is 42.0 Å². The van der Waals surface area contributed by atoms with Gasteiger partial charge in [0, 0.05) is 18.8 Å². The number of alkyl halides is 1. The van der Waals surface area contributed by atoms with Gasteiger partial charge in [0.2, 0.25) is 0 Å². The van der Waals surface area contributed by atoms with Gasteiger partial charge in [-0.05, 0) is 12.1 Å². The first-order valence-electron chi connectivity index (χ1n) is 3.51. The Morgan fingerprint density at radius 3 is 3.08 bits per heavy atom. The normalized spacial score (nSPS) is 9.50. The summed E-state index contributed by atoms with van der Waals surface area (Å²) < 4.78 is 0. The van der Waals surface area contributed by atoms with Crippen LogP contribution in [0.1, 0.15) is 10.4 Å². The molecule has 0 atom stereocenters. The van der Waals surface area contributed by atoms with Crippen LogP contribution in [0, 0.1) is 0 Å². The lowest BCUT2D eigenvalue weighted by Gasteiger charge is -2.00. The molecule has 1 heterocycles. The molecule has 0 radical (unpaired) electrons. The number of Topliss-reactive ketones (excluding diaryl/α,β-unsaturated/α-hetero) is 1. The Balaban J connectivity index is 2.93. The molecular formula is C8H9BrN2O. The lowest BCUT2D eigenvalue weighted by atomic mass is 10.2. The van der Waals surface area contributed by atoms with E-state index in [0.717, 1.165) is 0 Å². The van der Waals surface area contributed by atoms with E-state index in [2.05, 4.69) is 26.2 Å². The second-order valence-corrected chi connectivity index (χ2v) is 2.80. The number of ketones is 1. The Kier molecular flexibility index (Phi) is 3.22. The number of aromatic nitrogens is 1. The van der Waals surface area contributed by atoms with Crippen LogP contribution < -0.4 is 5.32 Å². The second kappa shape index (κ2) is 4.21. The summed E-state index contributed by atoms with van der Waals surface area (Å²) in [5, 5.41) is 3.22. The standard InChI is InChI=1S/C8H9BrN2O/c1-10-8-4-6(2-3-11-8)7(12)5-9/h2-4H,5H2,1H3,(H,10,11). The first kappa shape index (κ1) is 9.19. The van der Waals surface area contributed by atoms with Gasteiger partial charge in [-0.2, -0.15) is 0 Å². The quantitative estimate of drug-likeness (QED) is 0.633. The van der Waals surface area contributed by atoms with E-state index in [0.29, 0.717) is 16.7 Å². The first-order chi connectivity index (χ1) is 5.77. The highest BCUT2D eigenvalue weighted by Crippen LogP contribution is 2.07. The van der Waals surface area contributed by atoms with Gasteiger partial charge < -0.3 is 5.32 Å². The lowest BCUT2D eigenvalue weighted by molar-refractivity contribution is 0.102. The monoisotopic (exact) mass is 228 g/mol. The van der Waals surface area contributed by atoms with E-state index in [-0.39, 0.29) is 5.78 Å². The molecule has 12 heavy (non-hydrogen) atoms. The van der Waals surface area contributed by atoms with Crippen LogP contribution in [0.4, 0.5) is 5.82 Å². The zero-order valence-electron chi connectivity index (χ0n) is 6.67. The molecule has 1 N–H and O–H groups in total. The fourth-order valence-electron chi connectivity index (χ4n) is 0.818. The minimum Gasteiger partial charge on any atom is -0.373 e. The van der Waals surface area contributed by atoms with Crippen molar-refractivity contribution in [3.8, 4) is 0 Å². The van der Waals surface area contributed by atoms with Gasteiger partial charge in [0.15, 0.2) is 5.78 Å². The maximum Gasteiger partial charge on any atom is 0.173 e. The number of nitrogens with zero attached hydrogens (tertiary/aromatic N) is 1. The minimum absolute atomic E-state index is 0.0638. The van der Waals surface area contributed by atoms with Crippen LogP contribution >= 0.6 is 15.9 Å². The van der Waals surface area contributed by atoms with Gasteiger partial charge in [0.05, 0.1) is 5.33 Å². The molecule has 0 aliphatic heterocycles. The van der Waals surface area contributed by atoms with E-state index in [1.165, 1.54) is 0 Å².